The van der Waals surface area contributed by atoms with Gasteiger partial charge in [0.05, 0.1) is 36.5 Å². The number of methoxy groups -OCH3 is 1. The van der Waals surface area contributed by atoms with Gasteiger partial charge >= 0.3 is 18.4 Å². The molecule has 3 heterocycles. The van der Waals surface area contributed by atoms with Crippen LogP contribution in [0.3, 0.4) is 0 Å². The smallest absolute Gasteiger partial charge is 0.416 e. The molecule has 1 aromatic heterocycles. The van der Waals surface area contributed by atoms with Gasteiger partial charge in [-0.2, -0.15) is 26.3 Å². The molecule has 2 aliphatic rings. The number of ether oxygens (including phenoxy) is 2. The summed E-state index contributed by atoms with van der Waals surface area (Å²) in [5.74, 6) is -0.0939. The summed E-state index contributed by atoms with van der Waals surface area (Å²) in [6, 6.07) is 3.01. The molecule has 0 unspecified atom stereocenters. The summed E-state index contributed by atoms with van der Waals surface area (Å²) in [5.41, 5.74) is -1.89. The molecule has 0 saturated carbocycles. The average Bonchev–Trinajstić information content (AvgIpc) is 3.19. The molecule has 3 aromatic rings. The molecule has 44 heavy (non-hydrogen) atoms. The Bertz CT molecular complexity index is 1540. The van der Waals surface area contributed by atoms with E-state index < -0.39 is 53.1 Å². The van der Waals surface area contributed by atoms with Crippen molar-refractivity contribution in [3.8, 4) is 16.9 Å². The molecule has 0 bridgehead atoms. The summed E-state index contributed by atoms with van der Waals surface area (Å²) in [5, 5.41) is 0. The Morgan fingerprint density at radius 2 is 1.64 bits per heavy atom. The Morgan fingerprint density at radius 1 is 1.00 bits per heavy atom. The van der Waals surface area contributed by atoms with Gasteiger partial charge in [-0.1, -0.05) is 13.8 Å². The summed E-state index contributed by atoms with van der Waals surface area (Å²) in [6.07, 6.45) is -10.0. The second-order valence-corrected chi connectivity index (χ2v) is 11.1. The van der Waals surface area contributed by atoms with Crippen molar-refractivity contribution in [2.45, 2.75) is 64.2 Å². The van der Waals surface area contributed by atoms with Crippen LogP contribution < -0.4 is 9.64 Å². The minimum Gasteiger partial charge on any atom is -0.496 e. The summed E-state index contributed by atoms with van der Waals surface area (Å²) in [4.78, 5) is 25.4. The number of anilines is 1. The van der Waals surface area contributed by atoms with Crippen molar-refractivity contribution in [3.63, 3.8) is 0 Å². The summed E-state index contributed by atoms with van der Waals surface area (Å²) < 4.78 is 107. The highest BCUT2D eigenvalue weighted by Crippen LogP contribution is 2.42. The number of alkyl halides is 6. The minimum atomic E-state index is -5.06. The molecule has 5 rings (SSSR count). The lowest BCUT2D eigenvalue weighted by Crippen LogP contribution is -2.39. The molecule has 14 heteroatoms. The van der Waals surface area contributed by atoms with Gasteiger partial charge in [-0.15, -0.1) is 0 Å². The topological polar surface area (TPSA) is 67.8 Å². The zero-order valence-electron chi connectivity index (χ0n) is 24.2. The molecular weight excluding hydrogens is 597 g/mol. The predicted octanol–water partition coefficient (Wildman–Crippen LogP) is 7.74. The van der Waals surface area contributed by atoms with Crippen molar-refractivity contribution in [1.29, 1.82) is 0 Å². The number of cyclic esters (lactones) is 1. The molecule has 0 N–H and O–H groups in total. The van der Waals surface area contributed by atoms with Crippen molar-refractivity contribution in [3.05, 3.63) is 70.3 Å². The van der Waals surface area contributed by atoms with E-state index in [0.717, 1.165) is 6.42 Å². The van der Waals surface area contributed by atoms with Crippen LogP contribution in [0.4, 0.5) is 41.5 Å². The summed E-state index contributed by atoms with van der Waals surface area (Å²) >= 11 is 0. The third-order valence-electron chi connectivity index (χ3n) is 7.88. The van der Waals surface area contributed by atoms with Crippen LogP contribution >= 0.6 is 0 Å². The predicted molar refractivity (Wildman–Crippen MR) is 146 cm³/mol. The first-order chi connectivity index (χ1) is 20.6. The highest BCUT2D eigenvalue weighted by atomic mass is 19.4. The lowest BCUT2D eigenvalue weighted by molar-refractivity contribution is -0.143. The maximum atomic E-state index is 14.8. The zero-order valence-corrected chi connectivity index (χ0v) is 24.2. The van der Waals surface area contributed by atoms with E-state index in [1.165, 1.54) is 31.2 Å². The Hall–Kier alpha value is -4.10. The van der Waals surface area contributed by atoms with E-state index in [-0.39, 0.29) is 24.3 Å². The van der Waals surface area contributed by atoms with Crippen LogP contribution in [-0.4, -0.2) is 47.2 Å². The first-order valence-corrected chi connectivity index (χ1v) is 13.8. The van der Waals surface area contributed by atoms with Crippen LogP contribution in [0.5, 0.6) is 5.75 Å². The summed E-state index contributed by atoms with van der Waals surface area (Å²) in [6.45, 7) is 6.29. The van der Waals surface area contributed by atoms with Crippen LogP contribution in [0.2, 0.25) is 0 Å². The SMILES string of the molecule is COc1cc(F)c(C(C)C)cc1-c1cnc(N2CCC2)nc1CN1C(=O)O[C@H](c2cc(C(F)(F)F)cc(C(F)(F)F)c2)[C@@H]1C. The molecule has 1 amide bonds. The number of aromatic nitrogens is 2. The van der Waals surface area contributed by atoms with Crippen LogP contribution in [-0.2, 0) is 23.6 Å². The van der Waals surface area contributed by atoms with Gasteiger partial charge in [0.2, 0.25) is 5.95 Å². The number of halogens is 7. The molecule has 2 fully saturated rings. The van der Waals surface area contributed by atoms with Crippen LogP contribution in [0, 0.1) is 5.82 Å². The number of hydrogen-bond donors (Lipinski definition) is 0. The van der Waals surface area contributed by atoms with Gasteiger partial charge < -0.3 is 14.4 Å². The van der Waals surface area contributed by atoms with Gasteiger partial charge in [0, 0.05) is 36.5 Å². The van der Waals surface area contributed by atoms with Crippen molar-refractivity contribution >= 4 is 12.0 Å². The second-order valence-electron chi connectivity index (χ2n) is 11.1. The molecule has 2 saturated heterocycles. The Labute approximate surface area is 248 Å². The minimum absolute atomic E-state index is 0.0225. The quantitative estimate of drug-likeness (QED) is 0.250. The van der Waals surface area contributed by atoms with Crippen molar-refractivity contribution < 1.29 is 45.0 Å². The fourth-order valence-corrected chi connectivity index (χ4v) is 5.28. The monoisotopic (exact) mass is 626 g/mol. The number of nitrogens with zero attached hydrogens (tertiary/aromatic N) is 4. The molecule has 0 aliphatic carbocycles. The molecule has 2 aliphatic heterocycles. The van der Waals surface area contributed by atoms with Gasteiger partial charge in [-0.3, -0.25) is 4.90 Å². The average molecular weight is 627 g/mol. The second kappa shape index (κ2) is 11.4. The number of carbonyl (C=O) groups excluding carboxylic acids is 1. The van der Waals surface area contributed by atoms with E-state index in [4.69, 9.17) is 9.47 Å². The third kappa shape index (κ3) is 5.98. The fraction of sp³-hybridized carbons (Fsp3) is 0.433. The standard InChI is InChI=1S/C30H29F7N4O3/c1-15(2)20-11-21(25(43-4)12-23(20)31)22-13-38-27(40-6-5-7-40)39-24(22)14-41-16(3)26(44-28(41)42)17-8-18(29(32,33)34)10-19(9-17)30(35,36)37/h8-13,15-16,26H,5-7,14H2,1-4H3/t16-,26-/m0/s1. The normalized spacial score (nSPS) is 19.0. The first-order valence-electron chi connectivity index (χ1n) is 13.8. The zero-order chi connectivity index (χ0) is 32.1. The maximum absolute atomic E-state index is 14.8. The third-order valence-corrected chi connectivity index (χ3v) is 7.88. The Balaban J connectivity index is 1.56. The Kier molecular flexibility index (Phi) is 8.14. The molecule has 236 valence electrons. The lowest BCUT2D eigenvalue weighted by atomic mass is 9.95. The molecule has 0 radical (unpaired) electrons. The molecule has 0 spiro atoms. The molecular formula is C30H29F7N4O3. The first kappa shape index (κ1) is 31.3. The summed E-state index contributed by atoms with van der Waals surface area (Å²) in [7, 11) is 1.37. The fourth-order valence-electron chi connectivity index (χ4n) is 5.28. The van der Waals surface area contributed by atoms with Gasteiger partial charge in [0.1, 0.15) is 17.7 Å². The molecule has 2 aromatic carbocycles. The highest BCUT2D eigenvalue weighted by Gasteiger charge is 2.43. The van der Waals surface area contributed by atoms with E-state index in [9.17, 15) is 35.5 Å². The van der Waals surface area contributed by atoms with Gasteiger partial charge in [-0.05, 0) is 54.7 Å². The van der Waals surface area contributed by atoms with E-state index >= 15 is 0 Å². The van der Waals surface area contributed by atoms with Crippen LogP contribution in [0.1, 0.15) is 67.2 Å². The van der Waals surface area contributed by atoms with Crippen LogP contribution in [0.25, 0.3) is 11.1 Å². The molecule has 2 atom stereocenters. The highest BCUT2D eigenvalue weighted by molar-refractivity contribution is 5.75. The maximum Gasteiger partial charge on any atom is 0.416 e. The van der Waals surface area contributed by atoms with E-state index in [1.807, 2.05) is 18.7 Å². The lowest BCUT2D eigenvalue weighted by Gasteiger charge is -2.31. The van der Waals surface area contributed by atoms with Crippen LogP contribution in [0.15, 0.2) is 36.5 Å². The van der Waals surface area contributed by atoms with Gasteiger partial charge in [-0.25, -0.2) is 19.2 Å². The number of rotatable bonds is 7. The van der Waals surface area contributed by atoms with E-state index in [0.29, 0.717) is 53.6 Å². The van der Waals surface area contributed by atoms with Crippen molar-refractivity contribution in [2.24, 2.45) is 0 Å². The Morgan fingerprint density at radius 3 is 2.16 bits per heavy atom. The number of carbonyl (C=O) groups is 1. The number of amides is 1. The van der Waals surface area contributed by atoms with Crippen molar-refractivity contribution in [1.82, 2.24) is 14.9 Å². The van der Waals surface area contributed by atoms with E-state index in [1.54, 1.807) is 6.07 Å². The number of benzene rings is 2. The largest absolute Gasteiger partial charge is 0.496 e. The number of hydrogen-bond acceptors (Lipinski definition) is 6. The van der Waals surface area contributed by atoms with Gasteiger partial charge in [0.15, 0.2) is 0 Å². The van der Waals surface area contributed by atoms with Gasteiger partial charge in [0.25, 0.3) is 0 Å². The molecule has 7 nitrogen and oxygen atoms in total. The van der Waals surface area contributed by atoms with Crippen molar-refractivity contribution in [2.75, 3.05) is 25.1 Å². The van der Waals surface area contributed by atoms with E-state index in [2.05, 4.69) is 9.97 Å².